The predicted octanol–water partition coefficient (Wildman–Crippen LogP) is 0.529. The first kappa shape index (κ1) is 9.85. The first-order chi connectivity index (χ1) is 4.66. The highest BCUT2D eigenvalue weighted by Gasteiger charge is 2.00. The van der Waals surface area contributed by atoms with Crippen LogP contribution in [0.1, 0.15) is 6.92 Å². The fourth-order valence-electron chi connectivity index (χ4n) is 0.696. The van der Waals surface area contributed by atoms with Crippen LogP contribution in [0.2, 0.25) is 0 Å². The Morgan fingerprint density at radius 2 is 2.40 bits per heavy atom. The van der Waals surface area contributed by atoms with Crippen molar-refractivity contribution in [3.05, 3.63) is 12.7 Å². The molecule has 2 unspecified atom stereocenters. The van der Waals surface area contributed by atoms with Crippen molar-refractivity contribution >= 4 is 10.8 Å². The van der Waals surface area contributed by atoms with Gasteiger partial charge in [0, 0.05) is 35.4 Å². The Hall–Kier alpha value is -0.150. The average Bonchev–Trinajstić information content (AvgIpc) is 1.82. The molecule has 0 amide bonds. The van der Waals surface area contributed by atoms with Gasteiger partial charge in [-0.15, -0.1) is 6.58 Å². The van der Waals surface area contributed by atoms with Gasteiger partial charge in [0.25, 0.3) is 0 Å². The SMILES string of the molecule is C=CCNC(C)CS(C)=O. The van der Waals surface area contributed by atoms with E-state index >= 15 is 0 Å². The maximum atomic E-state index is 10.7. The van der Waals surface area contributed by atoms with Crippen LogP contribution in [0.5, 0.6) is 0 Å². The molecule has 2 nitrogen and oxygen atoms in total. The number of hydrogen-bond donors (Lipinski definition) is 1. The third-order valence-corrected chi connectivity index (χ3v) is 2.06. The van der Waals surface area contributed by atoms with Gasteiger partial charge in [-0.1, -0.05) is 6.08 Å². The minimum atomic E-state index is -0.696. The van der Waals surface area contributed by atoms with Crippen LogP contribution in [0.15, 0.2) is 12.7 Å². The Morgan fingerprint density at radius 1 is 1.80 bits per heavy atom. The highest BCUT2D eigenvalue weighted by Crippen LogP contribution is 1.84. The van der Waals surface area contributed by atoms with Crippen molar-refractivity contribution in [3.8, 4) is 0 Å². The Kier molecular flexibility index (Phi) is 5.54. The monoisotopic (exact) mass is 161 g/mol. The van der Waals surface area contributed by atoms with Crippen molar-refractivity contribution < 1.29 is 4.21 Å². The summed E-state index contributed by atoms with van der Waals surface area (Å²) in [6.07, 6.45) is 3.52. The van der Waals surface area contributed by atoms with E-state index in [1.54, 1.807) is 12.3 Å². The van der Waals surface area contributed by atoms with Gasteiger partial charge in [-0.3, -0.25) is 4.21 Å². The average molecular weight is 161 g/mol. The first-order valence-corrected chi connectivity index (χ1v) is 5.04. The maximum Gasteiger partial charge on any atom is 0.0383 e. The summed E-state index contributed by atoms with van der Waals surface area (Å²) in [4.78, 5) is 0. The molecule has 0 aromatic heterocycles. The molecule has 0 aromatic carbocycles. The standard InChI is InChI=1S/C7H15NOS/c1-4-5-8-7(2)6-10(3)9/h4,7-8H,1,5-6H2,2-3H3. The number of hydrogen-bond acceptors (Lipinski definition) is 2. The van der Waals surface area contributed by atoms with Gasteiger partial charge in [-0.25, -0.2) is 0 Å². The molecule has 10 heavy (non-hydrogen) atoms. The Bertz CT molecular complexity index is 125. The lowest BCUT2D eigenvalue weighted by atomic mass is 10.4. The molecular weight excluding hydrogens is 146 g/mol. The van der Waals surface area contributed by atoms with Crippen LogP contribution in [-0.2, 0) is 10.8 Å². The molecule has 0 aliphatic rings. The maximum absolute atomic E-state index is 10.7. The Morgan fingerprint density at radius 3 is 2.80 bits per heavy atom. The van der Waals surface area contributed by atoms with E-state index in [9.17, 15) is 4.21 Å². The molecule has 0 rings (SSSR count). The second-order valence-corrected chi connectivity index (χ2v) is 3.82. The van der Waals surface area contributed by atoms with Crippen molar-refractivity contribution in [1.82, 2.24) is 5.32 Å². The highest BCUT2D eigenvalue weighted by atomic mass is 32.2. The normalized spacial score (nSPS) is 16.2. The second kappa shape index (κ2) is 5.62. The van der Waals surface area contributed by atoms with E-state index < -0.39 is 10.8 Å². The predicted molar refractivity (Wildman–Crippen MR) is 46.6 cm³/mol. The van der Waals surface area contributed by atoms with Gasteiger partial charge in [-0.2, -0.15) is 0 Å². The van der Waals surface area contributed by atoms with Crippen LogP contribution in [0, 0.1) is 0 Å². The summed E-state index contributed by atoms with van der Waals surface area (Å²) in [5.74, 6) is 0.716. The Balaban J connectivity index is 3.33. The van der Waals surface area contributed by atoms with Crippen LogP contribution >= 0.6 is 0 Å². The summed E-state index contributed by atoms with van der Waals surface area (Å²) in [7, 11) is -0.696. The molecule has 60 valence electrons. The molecule has 2 atom stereocenters. The third kappa shape index (κ3) is 5.98. The molecule has 0 bridgehead atoms. The van der Waals surface area contributed by atoms with Gasteiger partial charge in [0.1, 0.15) is 0 Å². The van der Waals surface area contributed by atoms with Crippen molar-refractivity contribution in [3.63, 3.8) is 0 Å². The van der Waals surface area contributed by atoms with Crippen LogP contribution in [0.3, 0.4) is 0 Å². The van der Waals surface area contributed by atoms with E-state index in [-0.39, 0.29) is 0 Å². The van der Waals surface area contributed by atoms with Crippen molar-refractivity contribution in [2.24, 2.45) is 0 Å². The summed E-state index contributed by atoms with van der Waals surface area (Å²) in [6.45, 7) is 6.38. The van der Waals surface area contributed by atoms with E-state index in [2.05, 4.69) is 11.9 Å². The number of rotatable bonds is 5. The quantitative estimate of drug-likeness (QED) is 0.596. The molecule has 0 spiro atoms. The third-order valence-electron chi connectivity index (χ3n) is 1.10. The fourth-order valence-corrected chi connectivity index (χ4v) is 1.52. The van der Waals surface area contributed by atoms with Gasteiger partial charge < -0.3 is 5.32 Å². The molecule has 1 N–H and O–H groups in total. The fraction of sp³-hybridized carbons (Fsp3) is 0.714. The lowest BCUT2D eigenvalue weighted by Gasteiger charge is -2.09. The summed E-state index contributed by atoms with van der Waals surface area (Å²) in [5.41, 5.74) is 0. The second-order valence-electron chi connectivity index (χ2n) is 2.34. The van der Waals surface area contributed by atoms with Crippen molar-refractivity contribution in [2.45, 2.75) is 13.0 Å². The molecule has 0 radical (unpaired) electrons. The first-order valence-electron chi connectivity index (χ1n) is 3.31. The molecule has 0 aliphatic carbocycles. The largest absolute Gasteiger partial charge is 0.310 e. The molecule has 0 heterocycles. The minimum absolute atomic E-state index is 0.323. The molecule has 3 heteroatoms. The van der Waals surface area contributed by atoms with Gasteiger partial charge >= 0.3 is 0 Å². The lowest BCUT2D eigenvalue weighted by Crippen LogP contribution is -2.30. The van der Waals surface area contributed by atoms with E-state index in [0.29, 0.717) is 11.8 Å². The number of nitrogens with one attached hydrogen (secondary N) is 1. The van der Waals surface area contributed by atoms with Gasteiger partial charge in [-0.05, 0) is 6.92 Å². The van der Waals surface area contributed by atoms with Crippen LogP contribution in [-0.4, -0.2) is 28.8 Å². The molecule has 0 aliphatic heterocycles. The summed E-state index contributed by atoms with van der Waals surface area (Å²) in [6, 6.07) is 0.323. The zero-order chi connectivity index (χ0) is 7.98. The molecule has 0 saturated heterocycles. The van der Waals surface area contributed by atoms with Crippen LogP contribution in [0.25, 0.3) is 0 Å². The summed E-state index contributed by atoms with van der Waals surface area (Å²) < 4.78 is 10.7. The summed E-state index contributed by atoms with van der Waals surface area (Å²) >= 11 is 0. The van der Waals surface area contributed by atoms with Crippen molar-refractivity contribution in [1.29, 1.82) is 0 Å². The van der Waals surface area contributed by atoms with E-state index in [0.717, 1.165) is 6.54 Å². The molecule has 0 aromatic rings. The van der Waals surface area contributed by atoms with E-state index in [1.807, 2.05) is 6.92 Å². The molecule has 0 saturated carbocycles. The highest BCUT2D eigenvalue weighted by molar-refractivity contribution is 7.84. The minimum Gasteiger partial charge on any atom is -0.310 e. The van der Waals surface area contributed by atoms with Gasteiger partial charge in [0.2, 0.25) is 0 Å². The molecular formula is C7H15NOS. The Labute approximate surface area is 65.2 Å². The smallest absolute Gasteiger partial charge is 0.0383 e. The van der Waals surface area contributed by atoms with Gasteiger partial charge in [0.15, 0.2) is 0 Å². The van der Waals surface area contributed by atoms with E-state index in [4.69, 9.17) is 0 Å². The lowest BCUT2D eigenvalue weighted by molar-refractivity contribution is 0.625. The zero-order valence-electron chi connectivity index (χ0n) is 6.59. The zero-order valence-corrected chi connectivity index (χ0v) is 7.41. The summed E-state index contributed by atoms with van der Waals surface area (Å²) in [5, 5.41) is 3.15. The van der Waals surface area contributed by atoms with Crippen LogP contribution in [0.4, 0.5) is 0 Å². The van der Waals surface area contributed by atoms with Crippen molar-refractivity contribution in [2.75, 3.05) is 18.6 Å². The van der Waals surface area contributed by atoms with E-state index in [1.165, 1.54) is 0 Å². The molecule has 0 fully saturated rings. The topological polar surface area (TPSA) is 29.1 Å². The van der Waals surface area contributed by atoms with Crippen LogP contribution < -0.4 is 5.32 Å². The van der Waals surface area contributed by atoms with Gasteiger partial charge in [0.05, 0.1) is 0 Å².